The van der Waals surface area contributed by atoms with Crippen molar-refractivity contribution in [1.29, 1.82) is 0 Å². The van der Waals surface area contributed by atoms with Crippen LogP contribution in [0.1, 0.15) is 42.4 Å². The highest BCUT2D eigenvalue weighted by Crippen LogP contribution is 2.14. The topological polar surface area (TPSA) is 0 Å². The van der Waals surface area contributed by atoms with Crippen LogP contribution in [0.5, 0.6) is 0 Å². The van der Waals surface area contributed by atoms with E-state index in [1.807, 2.05) is 0 Å². The van der Waals surface area contributed by atoms with Crippen LogP contribution in [0.4, 0.5) is 0 Å². The second-order valence-corrected chi connectivity index (χ2v) is 4.26. The third kappa shape index (κ3) is 4.33. The molecule has 0 fully saturated rings. The van der Waals surface area contributed by atoms with E-state index in [1.165, 1.54) is 42.4 Å². The van der Waals surface area contributed by atoms with Gasteiger partial charge in [0.2, 0.25) is 0 Å². The maximum absolute atomic E-state index is 5.34. The monoisotopic (exact) mass is 201 g/mol. The first kappa shape index (κ1) is 12.0. The van der Waals surface area contributed by atoms with Crippen LogP contribution in [-0.2, 0) is 6.42 Å². The van der Waals surface area contributed by atoms with Crippen LogP contribution in [-0.4, -0.2) is 0 Å². The zero-order chi connectivity index (χ0) is 11.1. The first-order chi connectivity index (χ1) is 7.24. The fraction of sp³-hybridized carbons (Fsp3) is 0.467. The van der Waals surface area contributed by atoms with Gasteiger partial charge in [-0.15, -0.1) is 0 Å². The fourth-order valence-electron chi connectivity index (χ4n) is 1.82. The van der Waals surface area contributed by atoms with Crippen LogP contribution in [0, 0.1) is 20.4 Å². The van der Waals surface area contributed by atoms with E-state index < -0.39 is 0 Å². The highest BCUT2D eigenvalue weighted by molar-refractivity contribution is 5.30. The zero-order valence-electron chi connectivity index (χ0n) is 9.92. The first-order valence-electron chi connectivity index (χ1n) is 5.83. The van der Waals surface area contributed by atoms with Gasteiger partial charge in [-0.25, -0.2) is 0 Å². The summed E-state index contributed by atoms with van der Waals surface area (Å²) in [5.41, 5.74) is 4.30. The van der Waals surface area contributed by atoms with Gasteiger partial charge in [-0.1, -0.05) is 42.8 Å². The van der Waals surface area contributed by atoms with Crippen LogP contribution >= 0.6 is 0 Å². The lowest BCUT2D eigenvalue weighted by molar-refractivity contribution is 0.685. The number of aryl methyl sites for hydroxylation is 3. The Morgan fingerprint density at radius 3 is 2.67 bits per heavy atom. The molecule has 0 heteroatoms. The van der Waals surface area contributed by atoms with Crippen molar-refractivity contribution < 1.29 is 0 Å². The Morgan fingerprint density at radius 2 is 1.93 bits per heavy atom. The molecule has 81 valence electrons. The molecule has 0 N–H and O–H groups in total. The van der Waals surface area contributed by atoms with Crippen molar-refractivity contribution in [3.05, 3.63) is 47.5 Å². The van der Waals surface area contributed by atoms with Gasteiger partial charge >= 0.3 is 0 Å². The summed E-state index contributed by atoms with van der Waals surface area (Å²) in [4.78, 5) is 0. The molecule has 0 aliphatic heterocycles. The quantitative estimate of drug-likeness (QED) is 0.599. The molecule has 0 spiro atoms. The molecule has 0 saturated carbocycles. The number of hydrogen-bond donors (Lipinski definition) is 0. The number of unbranched alkanes of at least 4 members (excludes halogenated alkanes) is 3. The van der Waals surface area contributed by atoms with Crippen LogP contribution in [0.25, 0.3) is 0 Å². The Morgan fingerprint density at radius 1 is 1.13 bits per heavy atom. The van der Waals surface area contributed by atoms with E-state index in [0.29, 0.717) is 0 Å². The molecule has 1 radical (unpaired) electrons. The van der Waals surface area contributed by atoms with Crippen molar-refractivity contribution in [2.24, 2.45) is 0 Å². The molecule has 0 aliphatic rings. The highest BCUT2D eigenvalue weighted by atomic mass is 14.0. The third-order valence-electron chi connectivity index (χ3n) is 2.82. The smallest absolute Gasteiger partial charge is 0.0276 e. The summed E-state index contributed by atoms with van der Waals surface area (Å²) in [6.45, 7) is 9.70. The molecular formula is C15H21. The van der Waals surface area contributed by atoms with Crippen molar-refractivity contribution in [3.63, 3.8) is 0 Å². The number of hydrogen-bond acceptors (Lipinski definition) is 0. The van der Waals surface area contributed by atoms with Crippen molar-refractivity contribution in [1.82, 2.24) is 0 Å². The maximum Gasteiger partial charge on any atom is -0.0276 e. The molecule has 0 amide bonds. The van der Waals surface area contributed by atoms with Crippen molar-refractivity contribution in [3.8, 4) is 0 Å². The van der Waals surface area contributed by atoms with E-state index >= 15 is 0 Å². The average Bonchev–Trinajstić information content (AvgIpc) is 2.23. The van der Waals surface area contributed by atoms with Crippen molar-refractivity contribution in [2.75, 3.05) is 0 Å². The number of rotatable bonds is 6. The van der Waals surface area contributed by atoms with E-state index in [0.717, 1.165) is 6.42 Å². The molecule has 0 aliphatic carbocycles. The van der Waals surface area contributed by atoms with E-state index in [4.69, 9.17) is 6.58 Å². The van der Waals surface area contributed by atoms with Gasteiger partial charge in [-0.3, -0.25) is 0 Å². The van der Waals surface area contributed by atoms with Gasteiger partial charge in [0.1, 0.15) is 0 Å². The second kappa shape index (κ2) is 6.44. The van der Waals surface area contributed by atoms with Gasteiger partial charge in [0, 0.05) is 0 Å². The molecule has 1 rings (SSSR count). The summed E-state index contributed by atoms with van der Waals surface area (Å²) in [5, 5.41) is 0. The molecule has 0 atom stereocenters. The van der Waals surface area contributed by atoms with E-state index in [-0.39, 0.29) is 0 Å². The first-order valence-corrected chi connectivity index (χ1v) is 5.83. The lowest BCUT2D eigenvalue weighted by atomic mass is 10.00. The summed E-state index contributed by atoms with van der Waals surface area (Å²) in [7, 11) is 0. The van der Waals surface area contributed by atoms with Crippen LogP contribution < -0.4 is 0 Å². The Hall–Kier alpha value is -1.04. The predicted octanol–water partition coefficient (Wildman–Crippen LogP) is 4.40. The Labute approximate surface area is 94.0 Å². The molecule has 1 aromatic carbocycles. The molecule has 0 nitrogen and oxygen atoms in total. The normalized spacial score (nSPS) is 10.3. The Balaban J connectivity index is 2.36. The van der Waals surface area contributed by atoms with E-state index in [9.17, 15) is 0 Å². The predicted molar refractivity (Wildman–Crippen MR) is 67.0 cm³/mol. The van der Waals surface area contributed by atoms with Crippen LogP contribution in [0.3, 0.4) is 0 Å². The molecule has 0 unspecified atom stereocenters. The highest BCUT2D eigenvalue weighted by Gasteiger charge is 1.98. The van der Waals surface area contributed by atoms with Crippen molar-refractivity contribution >= 4 is 0 Å². The zero-order valence-corrected chi connectivity index (χ0v) is 9.92. The SMILES string of the molecule is [CH]=CCCCCCc1cc(C)ccc1C. The third-order valence-corrected chi connectivity index (χ3v) is 2.82. The summed E-state index contributed by atoms with van der Waals surface area (Å²) >= 11 is 0. The Kier molecular flexibility index (Phi) is 5.17. The van der Waals surface area contributed by atoms with Crippen LogP contribution in [0.15, 0.2) is 24.3 Å². The van der Waals surface area contributed by atoms with E-state index in [1.54, 1.807) is 6.08 Å². The van der Waals surface area contributed by atoms with Gasteiger partial charge in [0.05, 0.1) is 0 Å². The molecular weight excluding hydrogens is 180 g/mol. The minimum Gasteiger partial charge on any atom is -0.0845 e. The van der Waals surface area contributed by atoms with Crippen LogP contribution in [0.2, 0.25) is 0 Å². The van der Waals surface area contributed by atoms with Gasteiger partial charge in [-0.2, -0.15) is 0 Å². The lowest BCUT2D eigenvalue weighted by Crippen LogP contribution is -1.91. The summed E-state index contributed by atoms with van der Waals surface area (Å²) < 4.78 is 0. The molecule has 15 heavy (non-hydrogen) atoms. The number of allylic oxidation sites excluding steroid dienone is 1. The summed E-state index contributed by atoms with van der Waals surface area (Å²) in [5.74, 6) is 0. The summed E-state index contributed by atoms with van der Waals surface area (Å²) in [6.07, 6.45) is 7.80. The van der Waals surface area contributed by atoms with Gasteiger partial charge < -0.3 is 0 Å². The van der Waals surface area contributed by atoms with Gasteiger partial charge in [-0.05, 0) is 50.7 Å². The van der Waals surface area contributed by atoms with Gasteiger partial charge in [0.15, 0.2) is 0 Å². The second-order valence-electron chi connectivity index (χ2n) is 4.26. The molecule has 0 saturated heterocycles. The standard InChI is InChI=1S/C15H21/c1-4-5-6-7-8-9-15-12-13(2)10-11-14(15)3/h1,4,10-12H,5-9H2,2-3H3. The molecule has 1 aromatic rings. The number of benzene rings is 1. The Bertz CT molecular complexity index is 310. The van der Waals surface area contributed by atoms with E-state index in [2.05, 4.69) is 32.0 Å². The average molecular weight is 201 g/mol. The minimum atomic E-state index is 1.05. The summed E-state index contributed by atoms with van der Waals surface area (Å²) in [6, 6.07) is 6.71. The van der Waals surface area contributed by atoms with Gasteiger partial charge in [0.25, 0.3) is 0 Å². The fourth-order valence-corrected chi connectivity index (χ4v) is 1.82. The molecule has 0 aromatic heterocycles. The van der Waals surface area contributed by atoms with Crippen molar-refractivity contribution in [2.45, 2.75) is 46.0 Å². The molecule has 0 heterocycles. The largest absolute Gasteiger partial charge is 0.0845 e. The lowest BCUT2D eigenvalue weighted by Gasteiger charge is -2.06. The maximum atomic E-state index is 5.34. The minimum absolute atomic E-state index is 1.05. The molecule has 0 bridgehead atoms.